The summed E-state index contributed by atoms with van der Waals surface area (Å²) in [5, 5.41) is 2.94. The van der Waals surface area contributed by atoms with E-state index in [4.69, 9.17) is 0 Å². The van der Waals surface area contributed by atoms with Gasteiger partial charge in [-0.1, -0.05) is 12.1 Å². The van der Waals surface area contributed by atoms with E-state index in [1.807, 2.05) is 22.6 Å². The molecule has 0 spiro atoms. The van der Waals surface area contributed by atoms with Crippen molar-refractivity contribution in [2.24, 2.45) is 0 Å². The zero-order valence-corrected chi connectivity index (χ0v) is 23.2. The van der Waals surface area contributed by atoms with E-state index in [-0.39, 0.29) is 35.1 Å². The summed E-state index contributed by atoms with van der Waals surface area (Å²) in [5.74, 6) is -1.87. The first-order chi connectivity index (χ1) is 17.4. The Morgan fingerprint density at radius 1 is 1.14 bits per heavy atom. The standard InChI is InChI=1S/C24H25FIN5O5S/c1-4-37(35,36)27-12-14-6-5-7-16(10-14)31-20-13(2)23(33)30(3)21(19(20)22(32)29-24(31)34)28-18-9-8-15(26)11-17(18)25/h5-11,13,21,27-28H,4,12H2,1-3H3,(H,29,32,34). The van der Waals surface area contributed by atoms with Crippen LogP contribution < -0.4 is 21.3 Å². The number of nitrogens with zero attached hydrogens (tertiary/aromatic N) is 2. The summed E-state index contributed by atoms with van der Waals surface area (Å²) >= 11 is 1.97. The Kier molecular flexibility index (Phi) is 7.57. The van der Waals surface area contributed by atoms with Crippen LogP contribution >= 0.6 is 22.6 Å². The van der Waals surface area contributed by atoms with Crippen molar-refractivity contribution < 1.29 is 17.6 Å². The van der Waals surface area contributed by atoms with Gasteiger partial charge in [-0.2, -0.15) is 0 Å². The molecule has 0 radical (unpaired) electrons. The number of sulfonamides is 1. The van der Waals surface area contributed by atoms with Crippen molar-refractivity contribution >= 4 is 44.2 Å². The van der Waals surface area contributed by atoms with Gasteiger partial charge in [0.25, 0.3) is 5.56 Å². The molecule has 0 aliphatic carbocycles. The molecule has 196 valence electrons. The Hall–Kier alpha value is -3.04. The minimum atomic E-state index is -3.44. The normalized spacial score (nSPS) is 17.5. The second-order valence-corrected chi connectivity index (χ2v) is 12.0. The predicted octanol–water partition coefficient (Wildman–Crippen LogP) is 2.39. The first kappa shape index (κ1) is 27.0. The first-order valence-electron chi connectivity index (χ1n) is 11.4. The fourth-order valence-corrected chi connectivity index (χ4v) is 5.32. The van der Waals surface area contributed by atoms with E-state index in [0.717, 1.165) is 0 Å². The zero-order valence-electron chi connectivity index (χ0n) is 20.2. The minimum Gasteiger partial charge on any atom is -0.359 e. The molecule has 4 rings (SSSR count). The highest BCUT2D eigenvalue weighted by molar-refractivity contribution is 14.1. The lowest BCUT2D eigenvalue weighted by Crippen LogP contribution is -2.49. The lowest BCUT2D eigenvalue weighted by Gasteiger charge is -2.38. The van der Waals surface area contributed by atoms with Crippen LogP contribution in [0, 0.1) is 9.39 Å². The van der Waals surface area contributed by atoms with Crippen LogP contribution in [0.4, 0.5) is 10.1 Å². The number of benzene rings is 2. The van der Waals surface area contributed by atoms with Crippen molar-refractivity contribution in [1.82, 2.24) is 19.2 Å². The zero-order chi connectivity index (χ0) is 27.1. The molecule has 2 heterocycles. The third kappa shape index (κ3) is 5.33. The van der Waals surface area contributed by atoms with Gasteiger partial charge in [0, 0.05) is 17.2 Å². The molecule has 2 unspecified atom stereocenters. The predicted molar refractivity (Wildman–Crippen MR) is 146 cm³/mol. The van der Waals surface area contributed by atoms with Gasteiger partial charge in [-0.05, 0) is 72.3 Å². The number of hydrogen-bond acceptors (Lipinski definition) is 6. The Labute approximate surface area is 226 Å². The summed E-state index contributed by atoms with van der Waals surface area (Å²) in [4.78, 5) is 43.0. The summed E-state index contributed by atoms with van der Waals surface area (Å²) in [6.45, 7) is 3.11. The van der Waals surface area contributed by atoms with Gasteiger partial charge < -0.3 is 10.2 Å². The average molecular weight is 641 g/mol. The van der Waals surface area contributed by atoms with Gasteiger partial charge in [0.1, 0.15) is 12.0 Å². The maximum atomic E-state index is 14.7. The molecule has 0 fully saturated rings. The second kappa shape index (κ2) is 10.4. The number of amides is 1. The number of rotatable bonds is 7. The molecule has 3 aromatic rings. The Morgan fingerprint density at radius 2 is 1.86 bits per heavy atom. The van der Waals surface area contributed by atoms with Crippen molar-refractivity contribution in [3.05, 3.63) is 89.5 Å². The Morgan fingerprint density at radius 3 is 2.54 bits per heavy atom. The molecule has 1 amide bonds. The van der Waals surface area contributed by atoms with Crippen LogP contribution in [-0.4, -0.2) is 41.6 Å². The molecular formula is C24H25FIN5O5S. The number of hydrogen-bond donors (Lipinski definition) is 3. The molecule has 13 heteroatoms. The molecular weight excluding hydrogens is 616 g/mol. The fourth-order valence-electron chi connectivity index (χ4n) is 4.28. The van der Waals surface area contributed by atoms with Crippen LogP contribution in [0.15, 0.2) is 52.1 Å². The van der Waals surface area contributed by atoms with Crippen molar-refractivity contribution in [2.45, 2.75) is 32.5 Å². The van der Waals surface area contributed by atoms with Crippen molar-refractivity contribution in [1.29, 1.82) is 0 Å². The largest absolute Gasteiger partial charge is 0.359 e. The van der Waals surface area contributed by atoms with Gasteiger partial charge in [0.05, 0.1) is 34.3 Å². The fraction of sp³-hybridized carbons (Fsp3) is 0.292. The highest BCUT2D eigenvalue weighted by atomic mass is 127. The van der Waals surface area contributed by atoms with Gasteiger partial charge >= 0.3 is 5.69 Å². The molecule has 0 saturated carbocycles. The summed E-state index contributed by atoms with van der Waals surface area (Å²) in [6, 6.07) is 11.1. The molecule has 2 atom stereocenters. The SMILES string of the molecule is CCS(=O)(=O)NCc1cccc(-n2c3c(c(=O)[nH]c2=O)C(Nc2ccc(I)cc2F)N(C)C(=O)C3C)c1. The summed E-state index contributed by atoms with van der Waals surface area (Å²) in [5.41, 5.74) is -0.169. The molecule has 2 aromatic carbocycles. The van der Waals surface area contributed by atoms with E-state index < -0.39 is 39.2 Å². The maximum absolute atomic E-state index is 14.7. The Bertz CT molecular complexity index is 1600. The number of carbonyl (C=O) groups is 1. The van der Waals surface area contributed by atoms with Gasteiger partial charge in [-0.3, -0.25) is 19.1 Å². The van der Waals surface area contributed by atoms with Crippen molar-refractivity contribution in [3.8, 4) is 5.69 Å². The third-order valence-electron chi connectivity index (χ3n) is 6.24. The van der Waals surface area contributed by atoms with E-state index in [2.05, 4.69) is 15.0 Å². The molecule has 10 nitrogen and oxygen atoms in total. The smallest absolute Gasteiger partial charge is 0.333 e. The number of carbonyl (C=O) groups excluding carboxylic acids is 1. The minimum absolute atomic E-state index is 0.00219. The number of H-pyrrole nitrogens is 1. The molecule has 37 heavy (non-hydrogen) atoms. The van der Waals surface area contributed by atoms with Gasteiger partial charge in [0.15, 0.2) is 0 Å². The number of aromatic nitrogens is 2. The highest BCUT2D eigenvalue weighted by Gasteiger charge is 2.40. The Balaban J connectivity index is 1.86. The van der Waals surface area contributed by atoms with E-state index in [0.29, 0.717) is 14.8 Å². The van der Waals surface area contributed by atoms with Crippen LogP contribution in [0.1, 0.15) is 42.8 Å². The van der Waals surface area contributed by atoms with Crippen LogP contribution in [0.3, 0.4) is 0 Å². The van der Waals surface area contributed by atoms with E-state index in [1.54, 1.807) is 37.3 Å². The topological polar surface area (TPSA) is 133 Å². The first-order valence-corrected chi connectivity index (χ1v) is 14.1. The molecule has 3 N–H and O–H groups in total. The second-order valence-electron chi connectivity index (χ2n) is 8.63. The van der Waals surface area contributed by atoms with Crippen LogP contribution in [0.25, 0.3) is 5.69 Å². The number of likely N-dealkylation sites (N-methyl/N-ethyl adjacent to an activating group) is 1. The maximum Gasteiger partial charge on any atom is 0.333 e. The molecule has 1 aliphatic rings. The van der Waals surface area contributed by atoms with E-state index >= 15 is 0 Å². The lowest BCUT2D eigenvalue weighted by atomic mass is 9.93. The summed E-state index contributed by atoms with van der Waals surface area (Å²) < 4.78 is 42.8. The van der Waals surface area contributed by atoms with Gasteiger partial charge in [-0.15, -0.1) is 0 Å². The number of halogens is 2. The summed E-state index contributed by atoms with van der Waals surface area (Å²) in [6.07, 6.45) is -1.05. The third-order valence-corrected chi connectivity index (χ3v) is 8.26. The molecule has 1 aliphatic heterocycles. The average Bonchev–Trinajstić information content (AvgIpc) is 2.85. The quantitative estimate of drug-likeness (QED) is 0.340. The van der Waals surface area contributed by atoms with Crippen molar-refractivity contribution in [2.75, 3.05) is 18.1 Å². The van der Waals surface area contributed by atoms with Gasteiger partial charge in [0.2, 0.25) is 15.9 Å². The molecule has 1 aromatic heterocycles. The number of anilines is 1. The lowest BCUT2D eigenvalue weighted by molar-refractivity contribution is -0.134. The molecule has 0 saturated heterocycles. The number of nitrogens with one attached hydrogen (secondary N) is 3. The van der Waals surface area contributed by atoms with Crippen LogP contribution in [0.5, 0.6) is 0 Å². The van der Waals surface area contributed by atoms with Crippen molar-refractivity contribution in [3.63, 3.8) is 0 Å². The highest BCUT2D eigenvalue weighted by Crippen LogP contribution is 2.35. The van der Waals surface area contributed by atoms with Crippen LogP contribution in [0.2, 0.25) is 0 Å². The van der Waals surface area contributed by atoms with E-state index in [1.165, 1.54) is 35.6 Å². The van der Waals surface area contributed by atoms with Crippen LogP contribution in [-0.2, 0) is 21.4 Å². The monoisotopic (exact) mass is 641 g/mol. The van der Waals surface area contributed by atoms with E-state index in [9.17, 15) is 27.2 Å². The molecule has 0 bridgehead atoms. The number of fused-ring (bicyclic) bond motifs is 1. The number of aromatic amines is 1. The van der Waals surface area contributed by atoms with Gasteiger partial charge in [-0.25, -0.2) is 22.3 Å². The summed E-state index contributed by atoms with van der Waals surface area (Å²) in [7, 11) is -1.95.